The number of nitrogens with one attached hydrogen (secondary N) is 1. The molecule has 0 aromatic heterocycles. The first kappa shape index (κ1) is 13.9. The molecular weight excluding hydrogens is 176 g/mol. The van der Waals surface area contributed by atoms with Crippen molar-refractivity contribution in [1.29, 1.82) is 0 Å². The molecule has 1 unspecified atom stereocenters. The van der Waals surface area contributed by atoms with E-state index in [0.29, 0.717) is 12.1 Å². The van der Waals surface area contributed by atoms with E-state index in [1.165, 1.54) is 12.8 Å². The van der Waals surface area contributed by atoms with E-state index >= 15 is 0 Å². The Balaban J connectivity index is 3.92. The van der Waals surface area contributed by atoms with Crippen molar-refractivity contribution in [2.24, 2.45) is 0 Å². The smallest absolute Gasteiger partial charge is 0.0446 e. The quantitative estimate of drug-likeness (QED) is 0.618. The van der Waals surface area contributed by atoms with Gasteiger partial charge in [0.15, 0.2) is 0 Å². The SMILES string of the molecule is CCC(CC)N(C)CC(CCO)NC. The maximum absolute atomic E-state index is 8.88. The number of rotatable bonds is 8. The van der Waals surface area contributed by atoms with Gasteiger partial charge in [0.05, 0.1) is 0 Å². The summed E-state index contributed by atoms with van der Waals surface area (Å²) in [5, 5.41) is 12.1. The van der Waals surface area contributed by atoms with Crippen LogP contribution in [0.4, 0.5) is 0 Å². The fraction of sp³-hybridized carbons (Fsp3) is 1.00. The lowest BCUT2D eigenvalue weighted by atomic mass is 10.1. The molecule has 0 aliphatic carbocycles. The van der Waals surface area contributed by atoms with E-state index in [0.717, 1.165) is 13.0 Å². The van der Waals surface area contributed by atoms with Crippen LogP contribution in [0.3, 0.4) is 0 Å². The van der Waals surface area contributed by atoms with Gasteiger partial charge < -0.3 is 15.3 Å². The molecule has 0 aliphatic rings. The summed E-state index contributed by atoms with van der Waals surface area (Å²) in [4.78, 5) is 2.39. The van der Waals surface area contributed by atoms with Gasteiger partial charge in [-0.05, 0) is 33.4 Å². The molecule has 86 valence electrons. The maximum atomic E-state index is 8.88. The van der Waals surface area contributed by atoms with Crippen LogP contribution in [0.2, 0.25) is 0 Å². The van der Waals surface area contributed by atoms with Crippen molar-refractivity contribution in [2.75, 3.05) is 27.2 Å². The summed E-state index contributed by atoms with van der Waals surface area (Å²) in [5.74, 6) is 0. The van der Waals surface area contributed by atoms with Crippen LogP contribution in [0, 0.1) is 0 Å². The summed E-state index contributed by atoms with van der Waals surface area (Å²) < 4.78 is 0. The van der Waals surface area contributed by atoms with Gasteiger partial charge in [-0.3, -0.25) is 0 Å². The van der Waals surface area contributed by atoms with Crippen LogP contribution in [0.5, 0.6) is 0 Å². The molecule has 14 heavy (non-hydrogen) atoms. The molecule has 0 saturated carbocycles. The van der Waals surface area contributed by atoms with Gasteiger partial charge in [-0.25, -0.2) is 0 Å². The van der Waals surface area contributed by atoms with Gasteiger partial charge >= 0.3 is 0 Å². The Bertz CT molecular complexity index is 126. The highest BCUT2D eigenvalue weighted by Gasteiger charge is 2.14. The van der Waals surface area contributed by atoms with Gasteiger partial charge in [0, 0.05) is 25.2 Å². The van der Waals surface area contributed by atoms with E-state index in [1.807, 2.05) is 7.05 Å². The van der Waals surface area contributed by atoms with E-state index in [4.69, 9.17) is 5.11 Å². The maximum Gasteiger partial charge on any atom is 0.0446 e. The third-order valence-corrected chi connectivity index (χ3v) is 2.96. The lowest BCUT2D eigenvalue weighted by molar-refractivity contribution is 0.188. The summed E-state index contributed by atoms with van der Waals surface area (Å²) in [5.41, 5.74) is 0. The topological polar surface area (TPSA) is 35.5 Å². The van der Waals surface area contributed by atoms with E-state index in [2.05, 4.69) is 31.1 Å². The summed E-state index contributed by atoms with van der Waals surface area (Å²) in [7, 11) is 4.13. The molecule has 0 aliphatic heterocycles. The fourth-order valence-electron chi connectivity index (χ4n) is 1.89. The second-order valence-corrected chi connectivity index (χ2v) is 3.91. The average molecular weight is 202 g/mol. The van der Waals surface area contributed by atoms with Crippen LogP contribution in [-0.2, 0) is 0 Å². The fourth-order valence-corrected chi connectivity index (χ4v) is 1.89. The second-order valence-electron chi connectivity index (χ2n) is 3.91. The molecule has 0 aromatic carbocycles. The minimum atomic E-state index is 0.266. The van der Waals surface area contributed by atoms with Crippen LogP contribution >= 0.6 is 0 Å². The van der Waals surface area contributed by atoms with Gasteiger partial charge in [-0.2, -0.15) is 0 Å². The van der Waals surface area contributed by atoms with E-state index in [1.54, 1.807) is 0 Å². The molecule has 2 N–H and O–H groups in total. The zero-order chi connectivity index (χ0) is 11.0. The van der Waals surface area contributed by atoms with Crippen LogP contribution in [0.15, 0.2) is 0 Å². The lowest BCUT2D eigenvalue weighted by Crippen LogP contribution is -2.42. The Morgan fingerprint density at radius 2 is 1.86 bits per heavy atom. The highest BCUT2D eigenvalue weighted by atomic mass is 16.3. The Kier molecular flexibility index (Phi) is 8.14. The molecule has 0 heterocycles. The van der Waals surface area contributed by atoms with Gasteiger partial charge in [-0.15, -0.1) is 0 Å². The molecule has 3 nitrogen and oxygen atoms in total. The molecule has 0 bridgehead atoms. The Labute approximate surface area is 88.5 Å². The summed E-state index contributed by atoms with van der Waals surface area (Å²) in [6.45, 7) is 5.74. The lowest BCUT2D eigenvalue weighted by Gasteiger charge is -2.29. The average Bonchev–Trinajstić information content (AvgIpc) is 2.19. The van der Waals surface area contributed by atoms with E-state index in [-0.39, 0.29) is 6.61 Å². The molecule has 0 saturated heterocycles. The third-order valence-electron chi connectivity index (χ3n) is 2.96. The van der Waals surface area contributed by atoms with Gasteiger partial charge in [0.1, 0.15) is 0 Å². The molecule has 0 amide bonds. The van der Waals surface area contributed by atoms with Crippen molar-refractivity contribution in [2.45, 2.75) is 45.2 Å². The minimum absolute atomic E-state index is 0.266. The number of hydrogen-bond acceptors (Lipinski definition) is 3. The predicted octanol–water partition coefficient (Wildman–Crippen LogP) is 1.08. The first-order valence-electron chi connectivity index (χ1n) is 5.67. The summed E-state index contributed by atoms with van der Waals surface area (Å²) in [6, 6.07) is 1.08. The Morgan fingerprint density at radius 1 is 1.29 bits per heavy atom. The molecule has 0 fully saturated rings. The number of aliphatic hydroxyl groups excluding tert-OH is 1. The number of nitrogens with zero attached hydrogens (tertiary/aromatic N) is 1. The van der Waals surface area contributed by atoms with Gasteiger partial charge in [-0.1, -0.05) is 13.8 Å². The van der Waals surface area contributed by atoms with Crippen LogP contribution in [-0.4, -0.2) is 49.3 Å². The molecule has 0 aromatic rings. The van der Waals surface area contributed by atoms with Crippen LogP contribution in [0.25, 0.3) is 0 Å². The first-order valence-corrected chi connectivity index (χ1v) is 5.67. The summed E-state index contributed by atoms with van der Waals surface area (Å²) in [6.07, 6.45) is 3.23. The van der Waals surface area contributed by atoms with Crippen molar-refractivity contribution in [3.63, 3.8) is 0 Å². The molecule has 0 spiro atoms. The number of aliphatic hydroxyl groups is 1. The van der Waals surface area contributed by atoms with Gasteiger partial charge in [0.2, 0.25) is 0 Å². The normalized spacial score (nSPS) is 13.9. The zero-order valence-corrected chi connectivity index (χ0v) is 10.1. The zero-order valence-electron chi connectivity index (χ0n) is 10.1. The molecule has 1 atom stereocenters. The standard InChI is InChI=1S/C11H26N2O/c1-5-11(6-2)13(4)9-10(12-3)7-8-14/h10-12,14H,5-9H2,1-4H3. The van der Waals surface area contributed by atoms with Crippen LogP contribution < -0.4 is 5.32 Å². The van der Waals surface area contributed by atoms with E-state index < -0.39 is 0 Å². The third kappa shape index (κ3) is 4.94. The molecule has 0 rings (SSSR count). The van der Waals surface area contributed by atoms with E-state index in [9.17, 15) is 0 Å². The monoisotopic (exact) mass is 202 g/mol. The molecule has 3 heteroatoms. The Hall–Kier alpha value is -0.120. The van der Waals surface area contributed by atoms with Crippen LogP contribution in [0.1, 0.15) is 33.1 Å². The summed E-state index contributed by atoms with van der Waals surface area (Å²) >= 11 is 0. The molecule has 0 radical (unpaired) electrons. The predicted molar refractivity (Wildman–Crippen MR) is 61.6 cm³/mol. The minimum Gasteiger partial charge on any atom is -0.396 e. The first-order chi connectivity index (χ1) is 6.69. The van der Waals surface area contributed by atoms with Crippen molar-refractivity contribution >= 4 is 0 Å². The van der Waals surface area contributed by atoms with Crippen molar-refractivity contribution in [3.05, 3.63) is 0 Å². The second kappa shape index (κ2) is 8.21. The highest BCUT2D eigenvalue weighted by molar-refractivity contribution is 4.73. The largest absolute Gasteiger partial charge is 0.396 e. The number of likely N-dealkylation sites (N-methyl/N-ethyl adjacent to an activating group) is 2. The highest BCUT2D eigenvalue weighted by Crippen LogP contribution is 2.07. The number of hydrogen-bond donors (Lipinski definition) is 2. The van der Waals surface area contributed by atoms with Gasteiger partial charge in [0.25, 0.3) is 0 Å². The van der Waals surface area contributed by atoms with Crippen molar-refractivity contribution in [1.82, 2.24) is 10.2 Å². The van der Waals surface area contributed by atoms with Crippen molar-refractivity contribution < 1.29 is 5.11 Å². The Morgan fingerprint density at radius 3 is 2.21 bits per heavy atom. The molecular formula is C11H26N2O. The van der Waals surface area contributed by atoms with Crippen molar-refractivity contribution in [3.8, 4) is 0 Å².